The van der Waals surface area contributed by atoms with Crippen LogP contribution in [-0.2, 0) is 11.2 Å². The van der Waals surface area contributed by atoms with Crippen LogP contribution in [0.25, 0.3) is 11.1 Å². The number of ether oxygens (including phenoxy) is 1. The van der Waals surface area contributed by atoms with Crippen LogP contribution in [0.3, 0.4) is 0 Å². The molecule has 1 aliphatic rings. The van der Waals surface area contributed by atoms with Gasteiger partial charge in [-0.15, -0.1) is 0 Å². The zero-order valence-electron chi connectivity index (χ0n) is 22.8. The Morgan fingerprint density at radius 1 is 1.13 bits per heavy atom. The van der Waals surface area contributed by atoms with Crippen molar-refractivity contribution >= 4 is 18.0 Å². The van der Waals surface area contributed by atoms with E-state index in [-0.39, 0.29) is 18.4 Å². The summed E-state index contributed by atoms with van der Waals surface area (Å²) in [5.41, 5.74) is 3.05. The number of nitrogens with zero attached hydrogens (tertiary/aromatic N) is 3. The maximum absolute atomic E-state index is 13.2. The van der Waals surface area contributed by atoms with Gasteiger partial charge in [-0.1, -0.05) is 43.5 Å². The van der Waals surface area contributed by atoms with Crippen molar-refractivity contribution in [2.45, 2.75) is 83.9 Å². The first kappa shape index (κ1) is 28.6. The second-order valence-corrected chi connectivity index (χ2v) is 10.6. The normalized spacial score (nSPS) is 14.6. The summed E-state index contributed by atoms with van der Waals surface area (Å²) in [6, 6.07) is 9.98. The molecule has 1 atom stereocenters. The van der Waals surface area contributed by atoms with Crippen molar-refractivity contribution in [2.75, 3.05) is 7.05 Å². The third kappa shape index (κ3) is 7.54. The number of amides is 4. The summed E-state index contributed by atoms with van der Waals surface area (Å²) in [6.07, 6.45) is 5.65. The molecule has 9 heteroatoms. The molecular weight excluding hydrogens is 482 g/mol. The molecule has 0 aliphatic heterocycles. The van der Waals surface area contributed by atoms with Crippen LogP contribution in [0.5, 0.6) is 0 Å². The van der Waals surface area contributed by atoms with Crippen LogP contribution in [0.4, 0.5) is 9.59 Å². The van der Waals surface area contributed by atoms with E-state index in [0.29, 0.717) is 5.69 Å². The van der Waals surface area contributed by atoms with E-state index in [1.807, 2.05) is 37.3 Å². The Morgan fingerprint density at radius 3 is 2.34 bits per heavy atom. The standard InChI is InChI=1S/C29H37N5O4/c1-19-15-22(18-32-25(19)26(35)31-5)21-13-11-20(12-14-21)16-23(17-30)33-27(36)34(24-9-7-6-8-10-24)28(37)38-29(2,3)4/h11-15,18,23-24H,6-10,16H2,1-5H3,(H,31,35)(H,33,36)/t23-/m0/s1. The molecule has 2 N–H and O–H groups in total. The van der Waals surface area contributed by atoms with Crippen LogP contribution < -0.4 is 10.6 Å². The highest BCUT2D eigenvalue weighted by Crippen LogP contribution is 2.25. The van der Waals surface area contributed by atoms with Crippen molar-refractivity contribution < 1.29 is 19.1 Å². The predicted molar refractivity (Wildman–Crippen MR) is 144 cm³/mol. The Balaban J connectivity index is 1.70. The summed E-state index contributed by atoms with van der Waals surface area (Å²) in [5, 5.41) is 15.1. The van der Waals surface area contributed by atoms with Gasteiger partial charge >= 0.3 is 12.1 Å². The Labute approximate surface area is 224 Å². The predicted octanol–water partition coefficient (Wildman–Crippen LogP) is 5.13. The van der Waals surface area contributed by atoms with Gasteiger partial charge in [0, 0.05) is 31.3 Å². The fraction of sp³-hybridized carbons (Fsp3) is 0.483. The van der Waals surface area contributed by atoms with Crippen molar-refractivity contribution in [3.63, 3.8) is 0 Å². The number of aromatic nitrogens is 1. The minimum atomic E-state index is -0.822. The van der Waals surface area contributed by atoms with Crippen LogP contribution >= 0.6 is 0 Å². The van der Waals surface area contributed by atoms with E-state index in [1.165, 1.54) is 0 Å². The van der Waals surface area contributed by atoms with E-state index in [9.17, 15) is 19.6 Å². The fourth-order valence-electron chi connectivity index (χ4n) is 4.55. The molecule has 0 bridgehead atoms. The summed E-state index contributed by atoms with van der Waals surface area (Å²) >= 11 is 0. The third-order valence-electron chi connectivity index (χ3n) is 6.45. The highest BCUT2D eigenvalue weighted by Gasteiger charge is 2.35. The number of imide groups is 1. The summed E-state index contributed by atoms with van der Waals surface area (Å²) < 4.78 is 5.51. The summed E-state index contributed by atoms with van der Waals surface area (Å²) in [5.74, 6) is -0.234. The molecule has 0 spiro atoms. The van der Waals surface area contributed by atoms with Crippen LogP contribution in [-0.4, -0.2) is 52.6 Å². The second-order valence-electron chi connectivity index (χ2n) is 10.6. The molecule has 2 aromatic rings. The molecule has 1 fully saturated rings. The lowest BCUT2D eigenvalue weighted by Crippen LogP contribution is -2.53. The molecule has 9 nitrogen and oxygen atoms in total. The maximum atomic E-state index is 13.2. The molecule has 1 aliphatic carbocycles. The number of aryl methyl sites for hydroxylation is 1. The first-order valence-electron chi connectivity index (χ1n) is 13.0. The third-order valence-corrected chi connectivity index (χ3v) is 6.45. The first-order valence-corrected chi connectivity index (χ1v) is 13.0. The molecular formula is C29H37N5O4. The molecule has 0 radical (unpaired) electrons. The number of benzene rings is 1. The summed E-state index contributed by atoms with van der Waals surface area (Å²) in [7, 11) is 1.57. The van der Waals surface area contributed by atoms with Gasteiger partial charge in [0.15, 0.2) is 0 Å². The van der Waals surface area contributed by atoms with Crippen LogP contribution in [0.1, 0.15) is 74.5 Å². The molecule has 0 unspecified atom stereocenters. The van der Waals surface area contributed by atoms with Crippen molar-refractivity contribution in [3.05, 3.63) is 53.3 Å². The van der Waals surface area contributed by atoms with Crippen LogP contribution in [0.2, 0.25) is 0 Å². The number of pyridine rings is 1. The lowest BCUT2D eigenvalue weighted by atomic mass is 9.94. The largest absolute Gasteiger partial charge is 0.443 e. The van der Waals surface area contributed by atoms with Gasteiger partial charge in [-0.05, 0) is 63.3 Å². The average Bonchev–Trinajstić information content (AvgIpc) is 2.88. The second kappa shape index (κ2) is 12.5. The van der Waals surface area contributed by atoms with Gasteiger partial charge in [0.25, 0.3) is 5.91 Å². The fourth-order valence-corrected chi connectivity index (χ4v) is 4.55. The first-order chi connectivity index (χ1) is 18.0. The number of hydrogen-bond acceptors (Lipinski definition) is 6. The lowest BCUT2D eigenvalue weighted by molar-refractivity contribution is 0.0220. The van der Waals surface area contributed by atoms with Gasteiger partial charge in [0.1, 0.15) is 17.3 Å². The lowest BCUT2D eigenvalue weighted by Gasteiger charge is -2.34. The number of hydrogen-bond donors (Lipinski definition) is 2. The minimum absolute atomic E-state index is 0.234. The number of nitriles is 1. The highest BCUT2D eigenvalue weighted by molar-refractivity contribution is 5.94. The summed E-state index contributed by atoms with van der Waals surface area (Å²) in [4.78, 5) is 43.5. The molecule has 4 amide bonds. The molecule has 202 valence electrons. The van der Waals surface area contributed by atoms with Crippen molar-refractivity contribution in [1.82, 2.24) is 20.5 Å². The highest BCUT2D eigenvalue weighted by atomic mass is 16.6. The topological polar surface area (TPSA) is 124 Å². The quantitative estimate of drug-likeness (QED) is 0.545. The van der Waals surface area contributed by atoms with E-state index in [1.54, 1.807) is 34.0 Å². The van der Waals surface area contributed by atoms with E-state index in [2.05, 4.69) is 21.7 Å². The molecule has 38 heavy (non-hydrogen) atoms. The Bertz CT molecular complexity index is 1190. The molecule has 3 rings (SSSR count). The number of urea groups is 1. The van der Waals surface area contributed by atoms with Gasteiger partial charge in [-0.25, -0.2) is 14.5 Å². The zero-order valence-corrected chi connectivity index (χ0v) is 22.8. The zero-order chi connectivity index (χ0) is 27.9. The Morgan fingerprint density at radius 2 is 1.79 bits per heavy atom. The SMILES string of the molecule is CNC(=O)c1ncc(-c2ccc(C[C@@H](C#N)NC(=O)N(C(=O)OC(C)(C)C)C3CCCCC3)cc2)cc1C. The Kier molecular flexibility index (Phi) is 9.45. The van der Waals surface area contributed by atoms with Crippen molar-refractivity contribution in [2.24, 2.45) is 0 Å². The van der Waals surface area contributed by atoms with Gasteiger partial charge in [0.05, 0.1) is 6.07 Å². The maximum Gasteiger partial charge on any atom is 0.418 e. The molecule has 1 heterocycles. The minimum Gasteiger partial charge on any atom is -0.443 e. The Hall–Kier alpha value is -3.93. The van der Waals surface area contributed by atoms with Gasteiger partial charge in [0.2, 0.25) is 0 Å². The van der Waals surface area contributed by atoms with E-state index >= 15 is 0 Å². The van der Waals surface area contributed by atoms with E-state index in [4.69, 9.17) is 4.74 Å². The molecule has 1 aromatic carbocycles. The van der Waals surface area contributed by atoms with Gasteiger partial charge in [-0.3, -0.25) is 9.78 Å². The summed E-state index contributed by atoms with van der Waals surface area (Å²) in [6.45, 7) is 7.12. The molecule has 1 saturated carbocycles. The van der Waals surface area contributed by atoms with Gasteiger partial charge in [-0.2, -0.15) is 5.26 Å². The number of carbonyl (C=O) groups excluding carboxylic acids is 3. The number of nitrogens with one attached hydrogen (secondary N) is 2. The average molecular weight is 520 g/mol. The van der Waals surface area contributed by atoms with Crippen molar-refractivity contribution in [1.29, 1.82) is 5.26 Å². The van der Waals surface area contributed by atoms with Crippen LogP contribution in [0, 0.1) is 18.3 Å². The van der Waals surface area contributed by atoms with Gasteiger partial charge < -0.3 is 15.4 Å². The van der Waals surface area contributed by atoms with E-state index < -0.39 is 23.8 Å². The van der Waals surface area contributed by atoms with Crippen molar-refractivity contribution in [3.8, 4) is 17.2 Å². The molecule has 0 saturated heterocycles. The monoisotopic (exact) mass is 519 g/mol. The van der Waals surface area contributed by atoms with E-state index in [0.717, 1.165) is 59.3 Å². The number of carbonyl (C=O) groups is 3. The molecule has 1 aromatic heterocycles. The van der Waals surface area contributed by atoms with Crippen LogP contribution in [0.15, 0.2) is 36.5 Å². The number of rotatable bonds is 6. The smallest absolute Gasteiger partial charge is 0.418 e.